The fraction of sp³-hybridized carbons (Fsp3) is 1.00. The van der Waals surface area contributed by atoms with Gasteiger partial charge in [0.1, 0.15) is 11.5 Å². The molecule has 1 fully saturated rings. The van der Waals surface area contributed by atoms with Crippen LogP contribution in [0.4, 0.5) is 0 Å². The molecule has 1 aliphatic heterocycles. The highest BCUT2D eigenvalue weighted by Crippen LogP contribution is 2.16. The van der Waals surface area contributed by atoms with Crippen molar-refractivity contribution in [1.29, 1.82) is 0 Å². The Morgan fingerprint density at radius 2 is 2.00 bits per heavy atom. The predicted octanol–water partition coefficient (Wildman–Crippen LogP) is 0.221. The maximum atomic E-state index is 11.3. The van der Waals surface area contributed by atoms with E-state index >= 15 is 0 Å². The zero-order valence-corrected chi connectivity index (χ0v) is 7.52. The Bertz CT molecular complexity index is 120. The summed E-state index contributed by atoms with van der Waals surface area (Å²) < 4.78 is 15.2. The van der Waals surface area contributed by atoms with Crippen molar-refractivity contribution < 1.29 is 4.55 Å². The number of likely N-dealkylation sites (N-methyl/N-ethyl adjacent to an activating group) is 1. The van der Waals surface area contributed by atoms with Gasteiger partial charge in [0, 0.05) is 7.05 Å². The van der Waals surface area contributed by atoms with E-state index in [1.54, 1.807) is 0 Å². The van der Waals surface area contributed by atoms with Crippen LogP contribution in [0.15, 0.2) is 0 Å². The monoisotopic (exact) mass is 162 g/mol. The molecular weight excluding hydrogens is 148 g/mol. The lowest BCUT2D eigenvalue weighted by molar-refractivity contribution is 0.387. The molecule has 0 aliphatic carbocycles. The van der Waals surface area contributed by atoms with Crippen molar-refractivity contribution in [2.75, 3.05) is 20.1 Å². The SMILES string of the molecule is CC(C)N1CCN(C)[S+]1[O-]. The van der Waals surface area contributed by atoms with Gasteiger partial charge in [-0.1, -0.05) is 0 Å². The minimum Gasteiger partial charge on any atom is -0.578 e. The summed E-state index contributed by atoms with van der Waals surface area (Å²) in [6.07, 6.45) is 0. The van der Waals surface area contributed by atoms with E-state index in [0.717, 1.165) is 13.1 Å². The first-order valence-corrected chi connectivity index (χ1v) is 4.59. The highest BCUT2D eigenvalue weighted by Gasteiger charge is 2.34. The lowest BCUT2D eigenvalue weighted by Gasteiger charge is -2.20. The molecule has 0 aromatic carbocycles. The van der Waals surface area contributed by atoms with Gasteiger partial charge >= 0.3 is 0 Å². The number of nitrogens with zero attached hydrogens (tertiary/aromatic N) is 2. The molecule has 0 aromatic rings. The smallest absolute Gasteiger partial charge is 0.140 e. The molecule has 0 bridgehead atoms. The quantitative estimate of drug-likeness (QED) is 0.517. The van der Waals surface area contributed by atoms with Crippen LogP contribution in [0, 0.1) is 0 Å². The average Bonchev–Trinajstić information content (AvgIpc) is 2.14. The van der Waals surface area contributed by atoms with Crippen molar-refractivity contribution in [2.45, 2.75) is 19.9 Å². The van der Waals surface area contributed by atoms with Crippen LogP contribution < -0.4 is 0 Å². The molecule has 1 saturated heterocycles. The third-order valence-electron chi connectivity index (χ3n) is 1.68. The van der Waals surface area contributed by atoms with Crippen molar-refractivity contribution in [2.24, 2.45) is 0 Å². The van der Waals surface area contributed by atoms with Crippen LogP contribution in [-0.4, -0.2) is 39.3 Å². The molecule has 3 nitrogen and oxygen atoms in total. The number of hydrogen-bond donors (Lipinski definition) is 0. The Hall–Kier alpha value is 0.230. The van der Waals surface area contributed by atoms with Crippen LogP contribution in [0.3, 0.4) is 0 Å². The second-order valence-corrected chi connectivity index (χ2v) is 4.37. The molecule has 0 N–H and O–H groups in total. The summed E-state index contributed by atoms with van der Waals surface area (Å²) in [7, 11) is 1.89. The summed E-state index contributed by atoms with van der Waals surface area (Å²) in [6.45, 7) is 5.99. The summed E-state index contributed by atoms with van der Waals surface area (Å²) in [5.41, 5.74) is 0. The first-order chi connectivity index (χ1) is 4.63. The van der Waals surface area contributed by atoms with Crippen molar-refractivity contribution in [3.63, 3.8) is 0 Å². The summed E-state index contributed by atoms with van der Waals surface area (Å²) in [6, 6.07) is 0.394. The van der Waals surface area contributed by atoms with Crippen LogP contribution in [0.1, 0.15) is 13.8 Å². The van der Waals surface area contributed by atoms with Crippen LogP contribution >= 0.6 is 0 Å². The van der Waals surface area contributed by atoms with E-state index in [2.05, 4.69) is 13.8 Å². The fourth-order valence-corrected chi connectivity index (χ4v) is 2.21. The molecule has 4 heteroatoms. The molecular formula is C6H14N2OS. The molecule has 0 saturated carbocycles. The van der Waals surface area contributed by atoms with Gasteiger partial charge in [-0.05, 0) is 13.8 Å². The third-order valence-corrected chi connectivity index (χ3v) is 3.40. The van der Waals surface area contributed by atoms with E-state index in [1.165, 1.54) is 0 Å². The average molecular weight is 162 g/mol. The first kappa shape index (κ1) is 8.33. The van der Waals surface area contributed by atoms with Crippen molar-refractivity contribution in [3.05, 3.63) is 0 Å². The van der Waals surface area contributed by atoms with Gasteiger partial charge in [-0.25, -0.2) is 0 Å². The number of hydrogen-bond acceptors (Lipinski definition) is 3. The molecule has 1 unspecified atom stereocenters. The minimum atomic E-state index is -0.869. The van der Waals surface area contributed by atoms with Gasteiger partial charge in [-0.15, -0.1) is 8.61 Å². The second kappa shape index (κ2) is 3.09. The molecule has 0 spiro atoms. The maximum Gasteiger partial charge on any atom is 0.140 e. The molecule has 0 radical (unpaired) electrons. The molecule has 1 rings (SSSR count). The van der Waals surface area contributed by atoms with Crippen molar-refractivity contribution in [3.8, 4) is 0 Å². The van der Waals surface area contributed by atoms with Gasteiger partial charge < -0.3 is 4.55 Å². The van der Waals surface area contributed by atoms with E-state index in [0.29, 0.717) is 6.04 Å². The Kier molecular flexibility index (Phi) is 2.57. The molecule has 1 heterocycles. The van der Waals surface area contributed by atoms with E-state index in [-0.39, 0.29) is 0 Å². The highest BCUT2D eigenvalue weighted by atomic mass is 32.2. The largest absolute Gasteiger partial charge is 0.578 e. The summed E-state index contributed by atoms with van der Waals surface area (Å²) in [5, 5.41) is 0. The minimum absolute atomic E-state index is 0.394. The normalized spacial score (nSPS) is 30.3. The maximum absolute atomic E-state index is 11.3. The van der Waals surface area contributed by atoms with Crippen LogP contribution in [0.5, 0.6) is 0 Å². The van der Waals surface area contributed by atoms with E-state index in [4.69, 9.17) is 0 Å². The topological polar surface area (TPSA) is 29.5 Å². The predicted molar refractivity (Wildman–Crippen MR) is 42.6 cm³/mol. The molecule has 0 aromatic heterocycles. The fourth-order valence-electron chi connectivity index (χ4n) is 1.01. The lowest BCUT2D eigenvalue weighted by Crippen LogP contribution is -2.35. The summed E-state index contributed by atoms with van der Waals surface area (Å²) in [4.78, 5) is 0. The Morgan fingerprint density at radius 3 is 2.20 bits per heavy atom. The van der Waals surface area contributed by atoms with Crippen LogP contribution in [0.25, 0.3) is 0 Å². The van der Waals surface area contributed by atoms with Crippen LogP contribution in [-0.2, 0) is 11.5 Å². The number of rotatable bonds is 1. The Labute approximate surface area is 65.4 Å². The molecule has 60 valence electrons. The summed E-state index contributed by atoms with van der Waals surface area (Å²) in [5.74, 6) is 0. The van der Waals surface area contributed by atoms with Gasteiger partial charge in [0.15, 0.2) is 0 Å². The summed E-state index contributed by atoms with van der Waals surface area (Å²) >= 11 is -0.869. The molecule has 1 atom stereocenters. The zero-order chi connectivity index (χ0) is 7.72. The van der Waals surface area contributed by atoms with Gasteiger partial charge in [0.05, 0.1) is 19.1 Å². The second-order valence-electron chi connectivity index (χ2n) is 2.82. The van der Waals surface area contributed by atoms with Gasteiger partial charge in [-0.2, -0.15) is 0 Å². The standard InChI is InChI=1S/C6H14N2OS/c1-6(2)8-5-4-7(3)10(8)9/h6H,4-5H2,1-3H3. The molecule has 1 aliphatic rings. The zero-order valence-electron chi connectivity index (χ0n) is 6.70. The van der Waals surface area contributed by atoms with Gasteiger partial charge in [-0.3, -0.25) is 0 Å². The van der Waals surface area contributed by atoms with E-state index in [9.17, 15) is 4.55 Å². The molecule has 10 heavy (non-hydrogen) atoms. The third kappa shape index (κ3) is 1.45. The lowest BCUT2D eigenvalue weighted by atomic mass is 10.4. The van der Waals surface area contributed by atoms with Crippen LogP contribution in [0.2, 0.25) is 0 Å². The Morgan fingerprint density at radius 1 is 1.40 bits per heavy atom. The first-order valence-electron chi connectivity index (χ1n) is 3.52. The van der Waals surface area contributed by atoms with Gasteiger partial charge in [0.2, 0.25) is 0 Å². The molecule has 0 amide bonds. The van der Waals surface area contributed by atoms with E-state index in [1.807, 2.05) is 15.7 Å². The van der Waals surface area contributed by atoms with Gasteiger partial charge in [0.25, 0.3) is 0 Å². The van der Waals surface area contributed by atoms with Crippen molar-refractivity contribution in [1.82, 2.24) is 8.61 Å². The van der Waals surface area contributed by atoms with Crippen molar-refractivity contribution >= 4 is 11.5 Å². The highest BCUT2D eigenvalue weighted by molar-refractivity contribution is 7.87. The Balaban J connectivity index is 2.49. The van der Waals surface area contributed by atoms with E-state index < -0.39 is 11.5 Å².